The molecule has 0 aliphatic carbocycles. The summed E-state index contributed by atoms with van der Waals surface area (Å²) in [4.78, 5) is 31.6. The van der Waals surface area contributed by atoms with Crippen molar-refractivity contribution in [1.82, 2.24) is 34.8 Å². The summed E-state index contributed by atoms with van der Waals surface area (Å²) in [5.41, 5.74) is 0.237. The minimum absolute atomic E-state index is 0.125. The second kappa shape index (κ2) is 8.55. The first kappa shape index (κ1) is 21.9. The van der Waals surface area contributed by atoms with E-state index < -0.39 is 23.6 Å². The van der Waals surface area contributed by atoms with Crippen molar-refractivity contribution in [2.24, 2.45) is 5.41 Å². The number of hydrogen-bond acceptors (Lipinski definition) is 6. The van der Waals surface area contributed by atoms with E-state index in [9.17, 15) is 14.7 Å². The van der Waals surface area contributed by atoms with Gasteiger partial charge in [0.2, 0.25) is 11.8 Å². The summed E-state index contributed by atoms with van der Waals surface area (Å²) in [7, 11) is 1.53. The Morgan fingerprint density at radius 1 is 1.37 bits per heavy atom. The normalized spacial score (nSPS) is 20.4. The molecule has 10 heteroatoms. The van der Waals surface area contributed by atoms with Crippen LogP contribution in [-0.2, 0) is 22.6 Å². The largest absolute Gasteiger partial charge is 0.391 e. The average Bonchev–Trinajstić information content (AvgIpc) is 3.40. The van der Waals surface area contributed by atoms with Gasteiger partial charge in [-0.25, -0.2) is 9.67 Å². The molecule has 3 heterocycles. The van der Waals surface area contributed by atoms with Crippen molar-refractivity contribution in [1.29, 1.82) is 0 Å². The summed E-state index contributed by atoms with van der Waals surface area (Å²) in [6.07, 6.45) is 5.73. The molecule has 2 aromatic rings. The summed E-state index contributed by atoms with van der Waals surface area (Å²) >= 11 is 0. The molecule has 0 radical (unpaired) electrons. The molecule has 2 aromatic heterocycles. The van der Waals surface area contributed by atoms with Crippen molar-refractivity contribution in [2.75, 3.05) is 13.6 Å². The summed E-state index contributed by atoms with van der Waals surface area (Å²) < 4.78 is 3.58. The van der Waals surface area contributed by atoms with Gasteiger partial charge in [0.05, 0.1) is 18.8 Å². The fourth-order valence-electron chi connectivity index (χ4n) is 3.99. The van der Waals surface area contributed by atoms with Crippen LogP contribution < -0.4 is 5.32 Å². The monoisotopic (exact) mass is 417 g/mol. The number of carbonyl (C=O) groups excluding carboxylic acids is 2. The predicted molar refractivity (Wildman–Crippen MR) is 109 cm³/mol. The first-order chi connectivity index (χ1) is 14.2. The number of rotatable bonds is 6. The molecule has 0 spiro atoms. The maximum absolute atomic E-state index is 13.5. The molecule has 1 aliphatic rings. The lowest BCUT2D eigenvalue weighted by molar-refractivity contribution is -0.144. The van der Waals surface area contributed by atoms with Crippen molar-refractivity contribution in [3.63, 3.8) is 0 Å². The summed E-state index contributed by atoms with van der Waals surface area (Å²) in [6, 6.07) is -1.35. The molecule has 164 valence electrons. The van der Waals surface area contributed by atoms with E-state index in [0.717, 1.165) is 12.2 Å². The van der Waals surface area contributed by atoms with Crippen molar-refractivity contribution < 1.29 is 14.7 Å². The zero-order valence-electron chi connectivity index (χ0n) is 18.2. The Morgan fingerprint density at radius 2 is 2.10 bits per heavy atom. The van der Waals surface area contributed by atoms with Crippen LogP contribution in [0, 0.1) is 5.41 Å². The van der Waals surface area contributed by atoms with E-state index in [1.165, 1.54) is 11.9 Å². The maximum atomic E-state index is 13.5. The lowest BCUT2D eigenvalue weighted by Crippen LogP contribution is -2.49. The van der Waals surface area contributed by atoms with Crippen molar-refractivity contribution in [2.45, 2.75) is 65.3 Å². The molecular weight excluding hydrogens is 386 g/mol. The second-order valence-corrected chi connectivity index (χ2v) is 8.79. The number of nitrogens with one attached hydrogen (secondary N) is 1. The standard InChI is InChI=1S/C20H31N7O3/c1-6-16-22-7-8-25(16)10-13-11-27(24-23-13)17(20(2,3)4)19(30)26-12-14(28)9-15(26)18(29)21-5/h7-8,11,14-15,17,28H,6,9-10,12H2,1-5H3,(H,21,29)/t14-,15+,17-/m1/s1. The molecular formula is C20H31N7O3. The molecule has 1 aliphatic heterocycles. The summed E-state index contributed by atoms with van der Waals surface area (Å²) in [5, 5.41) is 21.2. The van der Waals surface area contributed by atoms with Gasteiger partial charge in [0, 0.05) is 38.8 Å². The Balaban J connectivity index is 1.87. The third-order valence-corrected chi connectivity index (χ3v) is 5.44. The number of carbonyl (C=O) groups is 2. The molecule has 1 fully saturated rings. The highest BCUT2D eigenvalue weighted by molar-refractivity contribution is 5.90. The van der Waals surface area contributed by atoms with Crippen molar-refractivity contribution in [3.8, 4) is 0 Å². The Hall–Kier alpha value is -2.75. The van der Waals surface area contributed by atoms with E-state index in [4.69, 9.17) is 0 Å². The molecule has 3 rings (SSSR count). The van der Waals surface area contributed by atoms with Crippen LogP contribution >= 0.6 is 0 Å². The van der Waals surface area contributed by atoms with Gasteiger partial charge in [-0.2, -0.15) is 0 Å². The molecule has 0 bridgehead atoms. The highest BCUT2D eigenvalue weighted by Gasteiger charge is 2.44. The van der Waals surface area contributed by atoms with E-state index >= 15 is 0 Å². The number of likely N-dealkylation sites (tertiary alicyclic amines) is 1. The number of likely N-dealkylation sites (N-methyl/N-ethyl adjacent to an activating group) is 1. The Labute approximate surface area is 176 Å². The van der Waals surface area contributed by atoms with Crippen LogP contribution in [0.25, 0.3) is 0 Å². The Bertz CT molecular complexity index is 898. The fraction of sp³-hybridized carbons (Fsp3) is 0.650. The number of amides is 2. The molecule has 2 amide bonds. The van der Waals surface area contributed by atoms with Crippen LogP contribution in [0.5, 0.6) is 0 Å². The molecule has 0 aromatic carbocycles. The van der Waals surface area contributed by atoms with Gasteiger partial charge in [0.1, 0.15) is 23.6 Å². The molecule has 10 nitrogen and oxygen atoms in total. The highest BCUT2D eigenvalue weighted by Crippen LogP contribution is 2.34. The molecule has 3 atom stereocenters. The van der Waals surface area contributed by atoms with Gasteiger partial charge in [0.15, 0.2) is 0 Å². The lowest BCUT2D eigenvalue weighted by atomic mass is 9.85. The number of aryl methyl sites for hydroxylation is 1. The van der Waals surface area contributed by atoms with Gasteiger partial charge in [-0.05, 0) is 5.41 Å². The molecule has 0 saturated carbocycles. The van der Waals surface area contributed by atoms with Crippen LogP contribution in [0.3, 0.4) is 0 Å². The van der Waals surface area contributed by atoms with Crippen LogP contribution in [0.2, 0.25) is 0 Å². The second-order valence-electron chi connectivity index (χ2n) is 8.79. The molecule has 0 unspecified atom stereocenters. The van der Waals surface area contributed by atoms with E-state index in [0.29, 0.717) is 12.2 Å². The summed E-state index contributed by atoms with van der Waals surface area (Å²) in [6.45, 7) is 8.52. The fourth-order valence-corrected chi connectivity index (χ4v) is 3.99. The minimum atomic E-state index is -0.725. The Morgan fingerprint density at radius 3 is 2.73 bits per heavy atom. The number of imidazole rings is 1. The van der Waals surface area contributed by atoms with E-state index in [2.05, 4.69) is 20.6 Å². The number of β-amino-alcohol motifs (C(OH)–C–C–N with tert-alkyl or cyclic N) is 1. The maximum Gasteiger partial charge on any atom is 0.248 e. The lowest BCUT2D eigenvalue weighted by Gasteiger charge is -2.34. The number of aromatic nitrogens is 5. The molecule has 30 heavy (non-hydrogen) atoms. The van der Waals surface area contributed by atoms with Crippen LogP contribution in [0.15, 0.2) is 18.6 Å². The first-order valence-corrected chi connectivity index (χ1v) is 10.3. The Kier molecular flexibility index (Phi) is 6.25. The van der Waals surface area contributed by atoms with Gasteiger partial charge in [-0.15, -0.1) is 5.10 Å². The van der Waals surface area contributed by atoms with Gasteiger partial charge >= 0.3 is 0 Å². The van der Waals surface area contributed by atoms with Gasteiger partial charge in [0.25, 0.3) is 0 Å². The van der Waals surface area contributed by atoms with Gasteiger partial charge < -0.3 is 19.9 Å². The van der Waals surface area contributed by atoms with Crippen molar-refractivity contribution in [3.05, 3.63) is 30.1 Å². The van der Waals surface area contributed by atoms with E-state index in [1.54, 1.807) is 17.1 Å². The number of aliphatic hydroxyl groups is 1. The van der Waals surface area contributed by atoms with Gasteiger partial charge in [-0.3, -0.25) is 9.59 Å². The van der Waals surface area contributed by atoms with Crippen LogP contribution in [0.4, 0.5) is 0 Å². The predicted octanol–water partition coefficient (Wildman–Crippen LogP) is 0.380. The molecule has 1 saturated heterocycles. The number of nitrogens with zero attached hydrogens (tertiary/aromatic N) is 6. The smallest absolute Gasteiger partial charge is 0.248 e. The van der Waals surface area contributed by atoms with Gasteiger partial charge in [-0.1, -0.05) is 32.9 Å². The van der Waals surface area contributed by atoms with Crippen LogP contribution in [0.1, 0.15) is 51.7 Å². The molecule has 2 N–H and O–H groups in total. The zero-order valence-corrected chi connectivity index (χ0v) is 18.2. The van der Waals surface area contributed by atoms with E-state index in [1.807, 2.05) is 38.5 Å². The number of aliphatic hydroxyl groups excluding tert-OH is 1. The highest BCUT2D eigenvalue weighted by atomic mass is 16.3. The topological polar surface area (TPSA) is 118 Å². The minimum Gasteiger partial charge on any atom is -0.391 e. The SMILES string of the molecule is CCc1nccn1Cc1cn([C@H](C(=O)N2C[C@H](O)C[C@H]2C(=O)NC)C(C)(C)C)nn1. The average molecular weight is 418 g/mol. The quantitative estimate of drug-likeness (QED) is 0.702. The third-order valence-electron chi connectivity index (χ3n) is 5.44. The first-order valence-electron chi connectivity index (χ1n) is 10.3. The zero-order chi connectivity index (χ0) is 22.1. The third kappa shape index (κ3) is 4.38. The van der Waals surface area contributed by atoms with E-state index in [-0.39, 0.29) is 24.8 Å². The summed E-state index contributed by atoms with van der Waals surface area (Å²) in [5.74, 6) is 0.424. The number of hydrogen-bond donors (Lipinski definition) is 2. The van der Waals surface area contributed by atoms with Crippen molar-refractivity contribution >= 4 is 11.8 Å². The van der Waals surface area contributed by atoms with Crippen LogP contribution in [-0.4, -0.2) is 72.1 Å².